The van der Waals surface area contributed by atoms with Crippen LogP contribution in [0.1, 0.15) is 42.5 Å². The van der Waals surface area contributed by atoms with E-state index in [0.717, 1.165) is 12.8 Å². The number of carbonyl (C=O) groups excluding carboxylic acids is 2. The molecule has 0 saturated carbocycles. The highest BCUT2D eigenvalue weighted by Crippen LogP contribution is 2.28. The number of rotatable bonds is 5. The van der Waals surface area contributed by atoms with Crippen LogP contribution in [0.3, 0.4) is 0 Å². The molecule has 2 aliphatic heterocycles. The molecule has 160 valence electrons. The molecule has 1 amide bonds. The van der Waals surface area contributed by atoms with Crippen molar-refractivity contribution in [3.05, 3.63) is 29.8 Å². The number of ether oxygens (including phenoxy) is 2. The highest BCUT2D eigenvalue weighted by molar-refractivity contribution is 7.88. The van der Waals surface area contributed by atoms with Crippen LogP contribution in [0.2, 0.25) is 0 Å². The minimum atomic E-state index is -3.20. The fourth-order valence-corrected chi connectivity index (χ4v) is 4.79. The lowest BCUT2D eigenvalue weighted by molar-refractivity contribution is -0.147. The summed E-state index contributed by atoms with van der Waals surface area (Å²) >= 11 is 0. The molecule has 2 saturated heterocycles. The van der Waals surface area contributed by atoms with E-state index in [1.165, 1.54) is 17.7 Å². The Morgan fingerprint density at radius 1 is 1.03 bits per heavy atom. The lowest BCUT2D eigenvalue weighted by Crippen LogP contribution is -2.48. The Hall–Kier alpha value is -2.13. The van der Waals surface area contributed by atoms with Crippen LogP contribution >= 0.6 is 0 Å². The maximum absolute atomic E-state index is 13.2. The van der Waals surface area contributed by atoms with Gasteiger partial charge < -0.3 is 14.4 Å². The van der Waals surface area contributed by atoms with Crippen LogP contribution < -0.4 is 4.74 Å². The number of para-hydroxylation sites is 1. The van der Waals surface area contributed by atoms with E-state index < -0.39 is 22.0 Å². The van der Waals surface area contributed by atoms with E-state index >= 15 is 0 Å². The summed E-state index contributed by atoms with van der Waals surface area (Å²) in [5, 5.41) is 0. The number of nitrogens with zero attached hydrogens (tertiary/aromatic N) is 2. The Kier molecular flexibility index (Phi) is 6.79. The summed E-state index contributed by atoms with van der Waals surface area (Å²) < 4.78 is 35.8. The fraction of sp³-hybridized carbons (Fsp3) is 0.600. The summed E-state index contributed by atoms with van der Waals surface area (Å²) in [5.41, 5.74) is 0.411. The molecule has 0 bridgehead atoms. The van der Waals surface area contributed by atoms with Crippen LogP contribution in [-0.4, -0.2) is 74.6 Å². The van der Waals surface area contributed by atoms with Gasteiger partial charge in [0.25, 0.3) is 5.91 Å². The van der Waals surface area contributed by atoms with Gasteiger partial charge in [-0.2, -0.15) is 0 Å². The molecule has 0 aliphatic carbocycles. The van der Waals surface area contributed by atoms with Crippen LogP contribution in [-0.2, 0) is 19.6 Å². The highest BCUT2D eigenvalue weighted by Gasteiger charge is 2.35. The molecule has 9 heteroatoms. The Balaban J connectivity index is 1.73. The molecule has 2 heterocycles. The summed E-state index contributed by atoms with van der Waals surface area (Å²) in [4.78, 5) is 26.9. The number of hydrogen-bond donors (Lipinski definition) is 0. The van der Waals surface area contributed by atoms with Gasteiger partial charge in [-0.25, -0.2) is 17.5 Å². The van der Waals surface area contributed by atoms with Gasteiger partial charge in [0, 0.05) is 19.6 Å². The highest BCUT2D eigenvalue weighted by atomic mass is 32.2. The fourth-order valence-electron chi connectivity index (χ4n) is 3.92. The average molecular weight is 425 g/mol. The van der Waals surface area contributed by atoms with Crippen molar-refractivity contribution < 1.29 is 27.5 Å². The zero-order valence-electron chi connectivity index (χ0n) is 16.9. The van der Waals surface area contributed by atoms with Crippen LogP contribution in [0.15, 0.2) is 24.3 Å². The molecule has 0 aromatic heterocycles. The van der Waals surface area contributed by atoms with Crippen LogP contribution in [0.25, 0.3) is 0 Å². The van der Waals surface area contributed by atoms with Gasteiger partial charge in [0.1, 0.15) is 17.9 Å². The minimum absolute atomic E-state index is 0.167. The first-order chi connectivity index (χ1) is 13.8. The number of piperidine rings is 2. The summed E-state index contributed by atoms with van der Waals surface area (Å²) in [6.07, 6.45) is 4.46. The number of sulfonamides is 1. The molecule has 2 fully saturated rings. The Morgan fingerprint density at radius 2 is 1.72 bits per heavy atom. The third-order valence-electron chi connectivity index (χ3n) is 5.52. The van der Waals surface area contributed by atoms with Gasteiger partial charge in [-0.15, -0.1) is 0 Å². The van der Waals surface area contributed by atoms with Gasteiger partial charge >= 0.3 is 5.97 Å². The summed E-state index contributed by atoms with van der Waals surface area (Å²) in [6.45, 7) is 1.30. The molecule has 1 aromatic rings. The molecule has 1 atom stereocenters. The van der Waals surface area contributed by atoms with Gasteiger partial charge in [-0.05, 0) is 44.2 Å². The lowest BCUT2D eigenvalue weighted by atomic mass is 10.0. The normalized spacial score (nSPS) is 21.6. The van der Waals surface area contributed by atoms with Gasteiger partial charge in [0.15, 0.2) is 0 Å². The van der Waals surface area contributed by atoms with Crippen LogP contribution in [0, 0.1) is 0 Å². The maximum atomic E-state index is 13.2. The molecule has 0 spiro atoms. The second kappa shape index (κ2) is 9.13. The molecular weight excluding hydrogens is 396 g/mol. The molecule has 3 rings (SSSR count). The maximum Gasteiger partial charge on any atom is 0.328 e. The quantitative estimate of drug-likeness (QED) is 0.668. The monoisotopic (exact) mass is 424 g/mol. The first-order valence-electron chi connectivity index (χ1n) is 9.91. The number of hydrogen-bond acceptors (Lipinski definition) is 6. The van der Waals surface area contributed by atoms with E-state index in [4.69, 9.17) is 9.47 Å². The van der Waals surface area contributed by atoms with Gasteiger partial charge in [-0.1, -0.05) is 12.1 Å². The van der Waals surface area contributed by atoms with E-state index in [2.05, 4.69) is 0 Å². The standard InChI is InChI=1S/C20H28N2O6S/c1-27-20(24)17-8-5-6-12-22(17)19(23)16-7-3-4-9-18(16)28-15-10-13-21(14-11-15)29(2,25)26/h3-4,7,9,15,17H,5-6,8,10-14H2,1-2H3. The molecular formula is C20H28N2O6S. The predicted octanol–water partition coefficient (Wildman–Crippen LogP) is 1.66. The number of amides is 1. The van der Waals surface area contributed by atoms with Crippen LogP contribution in [0.5, 0.6) is 5.75 Å². The second-order valence-electron chi connectivity index (χ2n) is 7.51. The molecule has 29 heavy (non-hydrogen) atoms. The topological polar surface area (TPSA) is 93.2 Å². The molecule has 1 unspecified atom stereocenters. The van der Waals surface area contributed by atoms with Crippen LogP contribution in [0.4, 0.5) is 0 Å². The number of benzene rings is 1. The van der Waals surface area contributed by atoms with Crippen molar-refractivity contribution in [3.8, 4) is 5.75 Å². The van der Waals surface area contributed by atoms with Gasteiger partial charge in [0.2, 0.25) is 10.0 Å². The third-order valence-corrected chi connectivity index (χ3v) is 6.82. The van der Waals surface area contributed by atoms with E-state index in [1.807, 2.05) is 0 Å². The zero-order valence-corrected chi connectivity index (χ0v) is 17.7. The van der Waals surface area contributed by atoms with Crippen molar-refractivity contribution in [3.63, 3.8) is 0 Å². The van der Waals surface area contributed by atoms with Gasteiger partial charge in [-0.3, -0.25) is 4.79 Å². The number of carbonyl (C=O) groups is 2. The van der Waals surface area contributed by atoms with E-state index in [0.29, 0.717) is 50.2 Å². The minimum Gasteiger partial charge on any atom is -0.489 e. The lowest BCUT2D eigenvalue weighted by Gasteiger charge is -2.34. The van der Waals surface area contributed by atoms with E-state index in [-0.39, 0.29) is 12.0 Å². The molecule has 1 aromatic carbocycles. The third kappa shape index (κ3) is 5.08. The number of likely N-dealkylation sites (tertiary alicyclic amines) is 1. The average Bonchev–Trinajstić information content (AvgIpc) is 2.73. The summed E-state index contributed by atoms with van der Waals surface area (Å²) in [6, 6.07) is 6.43. The van der Waals surface area contributed by atoms with Crippen molar-refractivity contribution in [2.24, 2.45) is 0 Å². The second-order valence-corrected chi connectivity index (χ2v) is 9.49. The van der Waals surface area contributed by atoms with Crippen molar-refractivity contribution in [1.29, 1.82) is 0 Å². The van der Waals surface area contributed by atoms with Crippen molar-refractivity contribution in [1.82, 2.24) is 9.21 Å². The predicted molar refractivity (Wildman–Crippen MR) is 107 cm³/mol. The summed E-state index contributed by atoms with van der Waals surface area (Å²) in [7, 11) is -1.87. The SMILES string of the molecule is COC(=O)C1CCCCN1C(=O)c1ccccc1OC1CCN(S(C)(=O)=O)CC1. The Morgan fingerprint density at radius 3 is 2.38 bits per heavy atom. The number of methoxy groups -OCH3 is 1. The molecule has 2 aliphatic rings. The molecule has 0 radical (unpaired) electrons. The Labute approximate surface area is 171 Å². The smallest absolute Gasteiger partial charge is 0.328 e. The summed E-state index contributed by atoms with van der Waals surface area (Å²) in [5.74, 6) is -0.182. The first kappa shape index (κ1) is 21.6. The van der Waals surface area contributed by atoms with E-state index in [9.17, 15) is 18.0 Å². The number of esters is 1. The zero-order chi connectivity index (χ0) is 21.0. The van der Waals surface area contributed by atoms with Crippen molar-refractivity contribution in [2.45, 2.75) is 44.2 Å². The van der Waals surface area contributed by atoms with Crippen molar-refractivity contribution in [2.75, 3.05) is 33.0 Å². The van der Waals surface area contributed by atoms with Gasteiger partial charge in [0.05, 0.1) is 18.9 Å². The first-order valence-corrected chi connectivity index (χ1v) is 11.8. The molecule has 8 nitrogen and oxygen atoms in total. The Bertz CT molecular complexity index is 848. The van der Waals surface area contributed by atoms with Crippen molar-refractivity contribution >= 4 is 21.9 Å². The molecule has 0 N–H and O–H groups in total. The largest absolute Gasteiger partial charge is 0.489 e. The van der Waals surface area contributed by atoms with E-state index in [1.54, 1.807) is 29.2 Å².